The molecule has 1 saturated heterocycles. The van der Waals surface area contributed by atoms with Gasteiger partial charge < -0.3 is 24.6 Å². The summed E-state index contributed by atoms with van der Waals surface area (Å²) in [5.41, 5.74) is 2.19. The molecule has 2 aromatic carbocycles. The summed E-state index contributed by atoms with van der Waals surface area (Å²) in [6.45, 7) is 6.22. The van der Waals surface area contributed by atoms with Crippen molar-refractivity contribution in [3.8, 4) is 11.5 Å². The molecule has 0 unspecified atom stereocenters. The van der Waals surface area contributed by atoms with Gasteiger partial charge in [0.2, 0.25) is 0 Å². The summed E-state index contributed by atoms with van der Waals surface area (Å²) in [4.78, 5) is 16.3. The molecule has 0 saturated carbocycles. The summed E-state index contributed by atoms with van der Waals surface area (Å²) in [7, 11) is 3.35. The van der Waals surface area contributed by atoms with Crippen molar-refractivity contribution in [3.05, 3.63) is 54.1 Å². The van der Waals surface area contributed by atoms with E-state index in [-0.39, 0.29) is 11.9 Å². The molecule has 28 heavy (non-hydrogen) atoms. The van der Waals surface area contributed by atoms with Crippen molar-refractivity contribution >= 4 is 11.6 Å². The Labute approximate surface area is 167 Å². The number of piperazine rings is 1. The quantitative estimate of drug-likeness (QED) is 0.751. The number of rotatable bonds is 7. The first-order chi connectivity index (χ1) is 13.6. The number of carbonyl (C=O) groups excluding carboxylic acids is 1. The second-order valence-electron chi connectivity index (χ2n) is 7.10. The highest BCUT2D eigenvalue weighted by molar-refractivity contribution is 5.79. The van der Waals surface area contributed by atoms with Gasteiger partial charge in [0.05, 0.1) is 46.1 Å². The predicted octanol–water partition coefficient (Wildman–Crippen LogP) is 1.11. The molecule has 6 nitrogen and oxygen atoms in total. The molecule has 1 heterocycles. The number of nitrogens with one attached hydrogen (secondary N) is 2. The molecule has 1 amide bonds. The van der Waals surface area contributed by atoms with Gasteiger partial charge in [-0.1, -0.05) is 24.3 Å². The van der Waals surface area contributed by atoms with Gasteiger partial charge in [0.25, 0.3) is 5.91 Å². The zero-order chi connectivity index (χ0) is 19.9. The molecule has 0 spiro atoms. The van der Waals surface area contributed by atoms with E-state index >= 15 is 0 Å². The van der Waals surface area contributed by atoms with Crippen molar-refractivity contribution in [2.24, 2.45) is 0 Å². The van der Waals surface area contributed by atoms with Crippen molar-refractivity contribution in [3.63, 3.8) is 0 Å². The number of ether oxygens (including phenoxy) is 2. The van der Waals surface area contributed by atoms with Crippen LogP contribution in [-0.4, -0.2) is 52.3 Å². The lowest BCUT2D eigenvalue weighted by molar-refractivity contribution is -0.914. The van der Waals surface area contributed by atoms with E-state index in [9.17, 15) is 4.79 Å². The van der Waals surface area contributed by atoms with Gasteiger partial charge in [-0.25, -0.2) is 0 Å². The largest absolute Gasteiger partial charge is 0.497 e. The van der Waals surface area contributed by atoms with Crippen LogP contribution in [-0.2, 0) is 11.3 Å². The van der Waals surface area contributed by atoms with Crippen LogP contribution in [0.4, 0.5) is 5.69 Å². The third-order valence-corrected chi connectivity index (χ3v) is 5.46. The van der Waals surface area contributed by atoms with E-state index in [4.69, 9.17) is 9.47 Å². The van der Waals surface area contributed by atoms with Crippen LogP contribution >= 0.6 is 0 Å². The molecule has 0 aliphatic carbocycles. The summed E-state index contributed by atoms with van der Waals surface area (Å²) < 4.78 is 10.6. The minimum absolute atomic E-state index is 0.0712. The van der Waals surface area contributed by atoms with Crippen molar-refractivity contribution in [2.75, 3.05) is 45.3 Å². The minimum atomic E-state index is -0.0712. The molecule has 1 aliphatic rings. The van der Waals surface area contributed by atoms with Gasteiger partial charge in [0, 0.05) is 6.54 Å². The zero-order valence-electron chi connectivity index (χ0n) is 16.9. The maximum absolute atomic E-state index is 12.6. The van der Waals surface area contributed by atoms with Crippen LogP contribution in [0.25, 0.3) is 0 Å². The van der Waals surface area contributed by atoms with Gasteiger partial charge in [0.1, 0.15) is 11.5 Å². The number of methoxy groups -OCH3 is 2. The molecule has 3 rings (SSSR count). The van der Waals surface area contributed by atoms with Gasteiger partial charge >= 0.3 is 0 Å². The topological polar surface area (TPSA) is 55.2 Å². The lowest BCUT2D eigenvalue weighted by Crippen LogP contribution is -3.19. The maximum atomic E-state index is 12.6. The Morgan fingerprint density at radius 1 is 1.07 bits per heavy atom. The number of hydrogen-bond donors (Lipinski definition) is 2. The lowest BCUT2D eigenvalue weighted by atomic mass is 10.1. The first-order valence-electron chi connectivity index (χ1n) is 9.75. The summed E-state index contributed by atoms with van der Waals surface area (Å²) in [5.74, 6) is 1.81. The predicted molar refractivity (Wildman–Crippen MR) is 110 cm³/mol. The first kappa shape index (κ1) is 20.0. The fourth-order valence-corrected chi connectivity index (χ4v) is 3.63. The van der Waals surface area contributed by atoms with Crippen LogP contribution < -0.4 is 24.6 Å². The highest BCUT2D eigenvalue weighted by Crippen LogP contribution is 2.27. The molecular weight excluding hydrogens is 354 g/mol. The van der Waals surface area contributed by atoms with Gasteiger partial charge in [-0.15, -0.1) is 0 Å². The number of anilines is 1. The number of para-hydroxylation sites is 2. The molecule has 1 fully saturated rings. The Balaban J connectivity index is 1.49. The molecule has 6 heteroatoms. The highest BCUT2D eigenvalue weighted by atomic mass is 16.5. The van der Waals surface area contributed by atoms with E-state index in [1.165, 1.54) is 4.90 Å². The van der Waals surface area contributed by atoms with Gasteiger partial charge in [-0.3, -0.25) is 4.79 Å². The fourth-order valence-electron chi connectivity index (χ4n) is 3.63. The molecule has 1 aliphatic heterocycles. The SMILES string of the molecule is COc1ccc(CNC(=O)[C@H](C)[NH+]2CCN(c3ccccc3OC)CC2)cc1. The smallest absolute Gasteiger partial charge is 0.278 e. The summed E-state index contributed by atoms with van der Waals surface area (Å²) in [5, 5.41) is 3.06. The minimum Gasteiger partial charge on any atom is -0.497 e. The second kappa shape index (κ2) is 9.46. The molecule has 2 N–H and O–H groups in total. The summed E-state index contributed by atoms with van der Waals surface area (Å²) in [6.07, 6.45) is 0. The second-order valence-corrected chi connectivity index (χ2v) is 7.10. The van der Waals surface area contributed by atoms with E-state index in [2.05, 4.69) is 16.3 Å². The van der Waals surface area contributed by atoms with Crippen molar-refractivity contribution in [2.45, 2.75) is 19.5 Å². The van der Waals surface area contributed by atoms with Gasteiger partial charge in [0.15, 0.2) is 6.04 Å². The number of carbonyl (C=O) groups is 1. The monoisotopic (exact) mass is 384 g/mol. The van der Waals surface area contributed by atoms with Crippen LogP contribution in [0.5, 0.6) is 11.5 Å². The Hall–Kier alpha value is -2.73. The normalized spacial score (nSPS) is 15.8. The van der Waals surface area contributed by atoms with Crippen LogP contribution in [0.1, 0.15) is 12.5 Å². The average Bonchev–Trinajstić information content (AvgIpc) is 2.77. The number of quaternary nitrogens is 1. The molecular formula is C22H30N3O3+. The van der Waals surface area contributed by atoms with Crippen LogP contribution in [0, 0.1) is 0 Å². The molecule has 2 aromatic rings. The average molecular weight is 385 g/mol. The van der Waals surface area contributed by atoms with E-state index in [0.717, 1.165) is 48.9 Å². The standard InChI is InChI=1S/C22H29N3O3/c1-17(22(26)23-16-18-8-10-19(27-2)11-9-18)24-12-14-25(15-13-24)20-6-4-5-7-21(20)28-3/h4-11,17H,12-16H2,1-3H3,(H,23,26)/p+1/t17-/m0/s1. The molecule has 0 bridgehead atoms. The number of nitrogens with zero attached hydrogens (tertiary/aromatic N) is 1. The molecule has 1 atom stereocenters. The highest BCUT2D eigenvalue weighted by Gasteiger charge is 2.29. The van der Waals surface area contributed by atoms with E-state index in [0.29, 0.717) is 6.54 Å². The van der Waals surface area contributed by atoms with E-state index < -0.39 is 0 Å². The Bertz CT molecular complexity index is 771. The number of hydrogen-bond acceptors (Lipinski definition) is 4. The zero-order valence-corrected chi connectivity index (χ0v) is 16.9. The number of benzene rings is 2. The lowest BCUT2D eigenvalue weighted by Gasteiger charge is -2.36. The Morgan fingerprint density at radius 3 is 2.39 bits per heavy atom. The molecule has 150 valence electrons. The van der Waals surface area contributed by atoms with Crippen molar-refractivity contribution in [1.29, 1.82) is 0 Å². The Morgan fingerprint density at radius 2 is 1.75 bits per heavy atom. The van der Waals surface area contributed by atoms with Gasteiger partial charge in [-0.05, 0) is 36.8 Å². The third-order valence-electron chi connectivity index (χ3n) is 5.46. The van der Waals surface area contributed by atoms with Crippen LogP contribution in [0.3, 0.4) is 0 Å². The fraction of sp³-hybridized carbons (Fsp3) is 0.409. The summed E-state index contributed by atoms with van der Waals surface area (Å²) in [6, 6.07) is 15.8. The van der Waals surface area contributed by atoms with Crippen LogP contribution in [0.2, 0.25) is 0 Å². The molecule has 0 radical (unpaired) electrons. The van der Waals surface area contributed by atoms with Crippen molar-refractivity contribution in [1.82, 2.24) is 5.32 Å². The number of amides is 1. The maximum Gasteiger partial charge on any atom is 0.278 e. The van der Waals surface area contributed by atoms with E-state index in [1.54, 1.807) is 14.2 Å². The van der Waals surface area contributed by atoms with E-state index in [1.807, 2.05) is 49.4 Å². The Kier molecular flexibility index (Phi) is 6.76. The van der Waals surface area contributed by atoms with Crippen molar-refractivity contribution < 1.29 is 19.2 Å². The van der Waals surface area contributed by atoms with Gasteiger partial charge in [-0.2, -0.15) is 0 Å². The summed E-state index contributed by atoms with van der Waals surface area (Å²) >= 11 is 0. The first-order valence-corrected chi connectivity index (χ1v) is 9.75. The van der Waals surface area contributed by atoms with Crippen LogP contribution in [0.15, 0.2) is 48.5 Å². The molecule has 0 aromatic heterocycles. The third kappa shape index (κ3) is 4.75.